The van der Waals surface area contributed by atoms with E-state index in [0.29, 0.717) is 4.88 Å². The molecular formula is C18H16N4O3S2. The first-order chi connectivity index (χ1) is 13.0. The van der Waals surface area contributed by atoms with Gasteiger partial charge in [-0.15, -0.1) is 0 Å². The minimum absolute atomic E-state index is 0.178. The summed E-state index contributed by atoms with van der Waals surface area (Å²) in [7, 11) is 0. The maximum atomic E-state index is 12.5. The normalized spacial score (nSPS) is 14.3. The quantitative estimate of drug-likeness (QED) is 0.712. The summed E-state index contributed by atoms with van der Waals surface area (Å²) in [6.45, 7) is 2.29. The predicted molar refractivity (Wildman–Crippen MR) is 105 cm³/mol. The first-order valence-electron chi connectivity index (χ1n) is 8.34. The van der Waals surface area contributed by atoms with Crippen LogP contribution in [0.3, 0.4) is 0 Å². The van der Waals surface area contributed by atoms with Crippen molar-refractivity contribution in [2.45, 2.75) is 6.92 Å². The lowest BCUT2D eigenvalue weighted by Crippen LogP contribution is -2.37. The number of rotatable bonds is 5. The molecule has 0 spiro atoms. The molecule has 0 aliphatic carbocycles. The molecule has 0 radical (unpaired) electrons. The van der Waals surface area contributed by atoms with E-state index >= 15 is 0 Å². The molecule has 3 amide bonds. The van der Waals surface area contributed by atoms with Crippen LogP contribution in [0.15, 0.2) is 36.5 Å². The summed E-state index contributed by atoms with van der Waals surface area (Å²) >= 11 is 2.31. The number of nitrogens with zero attached hydrogens (tertiary/aromatic N) is 3. The Bertz CT molecular complexity index is 1030. The highest BCUT2D eigenvalue weighted by Gasteiger charge is 2.29. The zero-order valence-electron chi connectivity index (χ0n) is 14.5. The lowest BCUT2D eigenvalue weighted by atomic mass is 10.2. The highest BCUT2D eigenvalue weighted by molar-refractivity contribution is 8.14. The van der Waals surface area contributed by atoms with E-state index < -0.39 is 0 Å². The zero-order valence-corrected chi connectivity index (χ0v) is 16.1. The standard InChI is InChI=1S/C18H16N4O3S2/c1-11-15(16(24)19-7-8-21-14(23)10-26-18(21)25)27-17-20-13(9-22(11)17)12-5-3-2-4-6-12/h2-6,9H,7-8,10H2,1H3,(H,19,24). The van der Waals surface area contributed by atoms with Crippen LogP contribution in [0.5, 0.6) is 0 Å². The number of thiazole rings is 1. The Balaban J connectivity index is 1.46. The average molecular weight is 400 g/mol. The fraction of sp³-hybridized carbons (Fsp3) is 0.222. The summed E-state index contributed by atoms with van der Waals surface area (Å²) in [5.41, 5.74) is 2.70. The Labute approximate surface area is 163 Å². The van der Waals surface area contributed by atoms with Crippen molar-refractivity contribution in [2.24, 2.45) is 0 Å². The highest BCUT2D eigenvalue weighted by Crippen LogP contribution is 2.27. The van der Waals surface area contributed by atoms with Crippen LogP contribution >= 0.6 is 23.1 Å². The van der Waals surface area contributed by atoms with E-state index in [1.54, 1.807) is 0 Å². The first kappa shape index (κ1) is 17.7. The smallest absolute Gasteiger partial charge is 0.288 e. The molecule has 9 heteroatoms. The van der Waals surface area contributed by atoms with E-state index in [1.807, 2.05) is 47.9 Å². The fourth-order valence-electron chi connectivity index (χ4n) is 2.87. The van der Waals surface area contributed by atoms with Crippen molar-refractivity contribution < 1.29 is 14.4 Å². The minimum atomic E-state index is -0.256. The second-order valence-corrected chi connectivity index (χ2v) is 7.92. The van der Waals surface area contributed by atoms with Crippen LogP contribution in [0.2, 0.25) is 0 Å². The summed E-state index contributed by atoms with van der Waals surface area (Å²) in [6, 6.07) is 9.87. The van der Waals surface area contributed by atoms with Crippen molar-refractivity contribution in [3.63, 3.8) is 0 Å². The van der Waals surface area contributed by atoms with Crippen LogP contribution in [0, 0.1) is 6.92 Å². The van der Waals surface area contributed by atoms with Crippen LogP contribution in [0.1, 0.15) is 15.4 Å². The summed E-state index contributed by atoms with van der Waals surface area (Å²) in [6.07, 6.45) is 1.92. The van der Waals surface area contributed by atoms with Crippen LogP contribution in [0.4, 0.5) is 4.79 Å². The fourth-order valence-corrected chi connectivity index (χ4v) is 4.64. The predicted octanol–water partition coefficient (Wildman–Crippen LogP) is 2.80. The van der Waals surface area contributed by atoms with Crippen molar-refractivity contribution in [3.05, 3.63) is 47.1 Å². The number of thioether (sulfide) groups is 1. The van der Waals surface area contributed by atoms with Crippen LogP contribution in [0.25, 0.3) is 16.2 Å². The zero-order chi connectivity index (χ0) is 19.0. The van der Waals surface area contributed by atoms with Gasteiger partial charge in [-0.2, -0.15) is 0 Å². The van der Waals surface area contributed by atoms with E-state index in [9.17, 15) is 14.4 Å². The molecule has 1 saturated heterocycles. The molecule has 0 saturated carbocycles. The number of benzene rings is 1. The number of nitrogens with one attached hydrogen (secondary N) is 1. The van der Waals surface area contributed by atoms with Gasteiger partial charge >= 0.3 is 0 Å². The number of imide groups is 1. The number of aryl methyl sites for hydroxylation is 1. The Morgan fingerprint density at radius 2 is 2.04 bits per heavy atom. The van der Waals surface area contributed by atoms with Gasteiger partial charge in [-0.25, -0.2) is 4.98 Å². The number of imidazole rings is 1. The topological polar surface area (TPSA) is 83.8 Å². The molecule has 1 aliphatic heterocycles. The molecule has 1 aromatic carbocycles. The third-order valence-electron chi connectivity index (χ3n) is 4.29. The van der Waals surface area contributed by atoms with Crippen LogP contribution < -0.4 is 5.32 Å². The van der Waals surface area contributed by atoms with Gasteiger partial charge in [0.2, 0.25) is 5.91 Å². The van der Waals surface area contributed by atoms with Gasteiger partial charge in [0.1, 0.15) is 4.88 Å². The third-order valence-corrected chi connectivity index (χ3v) is 6.31. The third kappa shape index (κ3) is 3.35. The highest BCUT2D eigenvalue weighted by atomic mass is 32.2. The van der Waals surface area contributed by atoms with Gasteiger partial charge in [-0.1, -0.05) is 53.4 Å². The second-order valence-electron chi connectivity index (χ2n) is 6.02. The molecule has 0 unspecified atom stereocenters. The number of aromatic nitrogens is 2. The van der Waals surface area contributed by atoms with Gasteiger partial charge in [0.15, 0.2) is 4.96 Å². The van der Waals surface area contributed by atoms with E-state index in [-0.39, 0.29) is 35.9 Å². The van der Waals surface area contributed by atoms with E-state index in [2.05, 4.69) is 10.3 Å². The Kier molecular flexibility index (Phi) is 4.71. The van der Waals surface area contributed by atoms with Gasteiger partial charge in [0.25, 0.3) is 11.1 Å². The molecule has 4 rings (SSSR count). The van der Waals surface area contributed by atoms with Gasteiger partial charge in [0, 0.05) is 30.5 Å². The summed E-state index contributed by atoms with van der Waals surface area (Å²) in [4.78, 5) is 42.7. The number of amides is 3. The van der Waals surface area contributed by atoms with Crippen molar-refractivity contribution in [3.8, 4) is 11.3 Å². The summed E-state index contributed by atoms with van der Waals surface area (Å²) < 4.78 is 1.91. The maximum Gasteiger partial charge on any atom is 0.288 e. The molecule has 0 atom stereocenters. The van der Waals surface area contributed by atoms with Gasteiger partial charge in [0.05, 0.1) is 11.4 Å². The van der Waals surface area contributed by atoms with Crippen LogP contribution in [-0.4, -0.2) is 50.2 Å². The van der Waals surface area contributed by atoms with Crippen molar-refractivity contribution in [1.82, 2.24) is 19.6 Å². The monoisotopic (exact) mass is 400 g/mol. The average Bonchev–Trinajstić information content (AvgIpc) is 3.32. The second kappa shape index (κ2) is 7.16. The van der Waals surface area contributed by atoms with E-state index in [0.717, 1.165) is 33.7 Å². The largest absolute Gasteiger partial charge is 0.349 e. The Morgan fingerprint density at radius 3 is 2.70 bits per heavy atom. The van der Waals surface area contributed by atoms with Gasteiger partial charge in [-0.3, -0.25) is 23.7 Å². The molecule has 27 heavy (non-hydrogen) atoms. The molecular weight excluding hydrogens is 384 g/mol. The minimum Gasteiger partial charge on any atom is -0.349 e. The van der Waals surface area contributed by atoms with Gasteiger partial charge < -0.3 is 5.32 Å². The summed E-state index contributed by atoms with van der Waals surface area (Å²) in [5, 5.41) is 2.52. The molecule has 1 N–H and O–H groups in total. The van der Waals surface area contributed by atoms with Gasteiger partial charge in [-0.05, 0) is 6.92 Å². The number of hydrogen-bond donors (Lipinski definition) is 1. The number of hydrogen-bond acceptors (Lipinski definition) is 6. The molecule has 2 aromatic heterocycles. The lowest BCUT2D eigenvalue weighted by molar-refractivity contribution is -0.124. The van der Waals surface area contributed by atoms with Crippen molar-refractivity contribution in [2.75, 3.05) is 18.8 Å². The number of carbonyl (C=O) groups is 3. The molecule has 7 nitrogen and oxygen atoms in total. The Morgan fingerprint density at radius 1 is 1.26 bits per heavy atom. The maximum absolute atomic E-state index is 12.5. The Hall–Kier alpha value is -2.65. The number of carbonyl (C=O) groups excluding carboxylic acids is 3. The lowest BCUT2D eigenvalue weighted by Gasteiger charge is -2.12. The van der Waals surface area contributed by atoms with Crippen LogP contribution in [-0.2, 0) is 4.79 Å². The summed E-state index contributed by atoms with van der Waals surface area (Å²) in [5.74, 6) is -0.257. The van der Waals surface area contributed by atoms with Crippen molar-refractivity contribution in [1.29, 1.82) is 0 Å². The number of fused-ring (bicyclic) bond motifs is 1. The molecule has 3 aromatic rings. The molecule has 0 bridgehead atoms. The molecule has 3 heterocycles. The van der Waals surface area contributed by atoms with E-state index in [1.165, 1.54) is 16.2 Å². The van der Waals surface area contributed by atoms with Crippen molar-refractivity contribution >= 4 is 45.1 Å². The first-order valence-corrected chi connectivity index (χ1v) is 10.1. The SMILES string of the molecule is Cc1c(C(=O)NCCN2C(=O)CSC2=O)sc2nc(-c3ccccc3)cn12. The molecule has 138 valence electrons. The van der Waals surface area contributed by atoms with E-state index in [4.69, 9.17) is 0 Å². The molecule has 1 fully saturated rings. The molecule has 1 aliphatic rings.